The molecule has 0 radical (unpaired) electrons. The highest BCUT2D eigenvalue weighted by Gasteiger charge is 2.32. The van der Waals surface area contributed by atoms with Crippen molar-refractivity contribution >= 4 is 0 Å². The van der Waals surface area contributed by atoms with Crippen LogP contribution in [0.1, 0.15) is 38.9 Å². The van der Waals surface area contributed by atoms with Crippen molar-refractivity contribution in [3.05, 3.63) is 23.8 Å². The fraction of sp³-hybridized carbons (Fsp3) is 0.538. The molecule has 1 heterocycles. The van der Waals surface area contributed by atoms with Gasteiger partial charge in [0.2, 0.25) is 0 Å². The highest BCUT2D eigenvalue weighted by Crippen LogP contribution is 2.40. The third-order valence-corrected chi connectivity index (χ3v) is 2.72. The van der Waals surface area contributed by atoms with Crippen molar-refractivity contribution in [2.75, 3.05) is 6.61 Å². The monoisotopic (exact) mass is 222 g/mol. The van der Waals surface area contributed by atoms with Gasteiger partial charge in [-0.05, 0) is 39.0 Å². The first-order valence-corrected chi connectivity index (χ1v) is 5.65. The summed E-state index contributed by atoms with van der Waals surface area (Å²) in [5.74, 6) is 1.54. The molecule has 3 heteroatoms. The zero-order valence-electron chi connectivity index (χ0n) is 9.99. The average molecular weight is 222 g/mol. The smallest absolute Gasteiger partial charge is 0.126 e. The lowest BCUT2D eigenvalue weighted by Crippen LogP contribution is -2.34. The van der Waals surface area contributed by atoms with E-state index in [-0.39, 0.29) is 5.60 Å². The van der Waals surface area contributed by atoms with Crippen molar-refractivity contribution < 1.29 is 14.6 Å². The maximum Gasteiger partial charge on any atom is 0.126 e. The average Bonchev–Trinajstić information content (AvgIpc) is 2.18. The minimum atomic E-state index is -0.473. The van der Waals surface area contributed by atoms with Crippen LogP contribution >= 0.6 is 0 Å². The Kier molecular flexibility index (Phi) is 2.80. The summed E-state index contributed by atoms with van der Waals surface area (Å²) in [6, 6.07) is 5.60. The van der Waals surface area contributed by atoms with E-state index in [2.05, 4.69) is 0 Å². The number of aliphatic hydroxyl groups excluding tert-OH is 1. The molecular formula is C13H18O3. The van der Waals surface area contributed by atoms with Crippen molar-refractivity contribution in [2.24, 2.45) is 0 Å². The molecule has 0 saturated carbocycles. The summed E-state index contributed by atoms with van der Waals surface area (Å²) in [6.07, 6.45) is 0.134. The zero-order chi connectivity index (χ0) is 11.8. The van der Waals surface area contributed by atoms with E-state index in [9.17, 15) is 5.11 Å². The normalized spacial score (nSPS) is 22.1. The van der Waals surface area contributed by atoms with E-state index in [1.807, 2.05) is 39.0 Å². The van der Waals surface area contributed by atoms with Gasteiger partial charge in [-0.15, -0.1) is 0 Å². The Morgan fingerprint density at radius 3 is 2.94 bits per heavy atom. The Balaban J connectivity index is 2.33. The minimum Gasteiger partial charge on any atom is -0.494 e. The second-order valence-corrected chi connectivity index (χ2v) is 4.71. The molecule has 1 aliphatic rings. The third-order valence-electron chi connectivity index (χ3n) is 2.72. The van der Waals surface area contributed by atoms with Gasteiger partial charge in [0.25, 0.3) is 0 Å². The Morgan fingerprint density at radius 1 is 1.50 bits per heavy atom. The molecule has 1 aromatic carbocycles. The topological polar surface area (TPSA) is 38.7 Å². The van der Waals surface area contributed by atoms with Crippen molar-refractivity contribution in [3.8, 4) is 11.5 Å². The molecular weight excluding hydrogens is 204 g/mol. The van der Waals surface area contributed by atoms with Crippen LogP contribution < -0.4 is 9.47 Å². The van der Waals surface area contributed by atoms with Crippen LogP contribution in [0.5, 0.6) is 11.5 Å². The van der Waals surface area contributed by atoms with Gasteiger partial charge in [0.1, 0.15) is 17.1 Å². The van der Waals surface area contributed by atoms with Crippen molar-refractivity contribution in [2.45, 2.75) is 38.9 Å². The molecule has 1 aromatic rings. The molecule has 88 valence electrons. The summed E-state index contributed by atoms with van der Waals surface area (Å²) in [5.41, 5.74) is 0.518. The van der Waals surface area contributed by atoms with Gasteiger partial charge in [-0.1, -0.05) is 0 Å². The number of ether oxygens (including phenoxy) is 2. The predicted molar refractivity (Wildman–Crippen MR) is 61.9 cm³/mol. The van der Waals surface area contributed by atoms with E-state index in [1.54, 1.807) is 0 Å². The Bertz CT molecular complexity index is 385. The molecule has 0 bridgehead atoms. The predicted octanol–water partition coefficient (Wildman–Crippen LogP) is 2.68. The fourth-order valence-corrected chi connectivity index (χ4v) is 2.05. The molecule has 0 aliphatic carbocycles. The summed E-state index contributed by atoms with van der Waals surface area (Å²) in [4.78, 5) is 0. The molecule has 0 fully saturated rings. The molecule has 0 spiro atoms. The van der Waals surface area contributed by atoms with Gasteiger partial charge in [-0.25, -0.2) is 0 Å². The summed E-state index contributed by atoms with van der Waals surface area (Å²) < 4.78 is 11.2. The largest absolute Gasteiger partial charge is 0.494 e. The van der Waals surface area contributed by atoms with Gasteiger partial charge in [-0.2, -0.15) is 0 Å². The quantitative estimate of drug-likeness (QED) is 0.836. The summed E-state index contributed by atoms with van der Waals surface area (Å²) >= 11 is 0. The highest BCUT2D eigenvalue weighted by molar-refractivity contribution is 5.43. The summed E-state index contributed by atoms with van der Waals surface area (Å²) in [7, 11) is 0. The van der Waals surface area contributed by atoms with E-state index in [1.165, 1.54) is 0 Å². The maximum absolute atomic E-state index is 10.1. The van der Waals surface area contributed by atoms with E-state index in [0.29, 0.717) is 13.0 Å². The van der Waals surface area contributed by atoms with Gasteiger partial charge in [0.15, 0.2) is 0 Å². The van der Waals surface area contributed by atoms with Crippen molar-refractivity contribution in [3.63, 3.8) is 0 Å². The molecule has 0 aromatic heterocycles. The van der Waals surface area contributed by atoms with Gasteiger partial charge < -0.3 is 14.6 Å². The number of rotatable bonds is 2. The standard InChI is InChI=1S/C13H18O3/c1-4-15-9-5-6-12-10(7-9)11(14)8-13(2,3)16-12/h5-7,11,14H,4,8H2,1-3H3/t11-/m0/s1. The number of hydrogen-bond acceptors (Lipinski definition) is 3. The molecule has 0 amide bonds. The van der Waals surface area contributed by atoms with Crippen LogP contribution in [0.25, 0.3) is 0 Å². The number of benzene rings is 1. The number of aliphatic hydroxyl groups is 1. The van der Waals surface area contributed by atoms with E-state index >= 15 is 0 Å². The summed E-state index contributed by atoms with van der Waals surface area (Å²) in [5, 5.41) is 10.1. The molecule has 1 aliphatic heterocycles. The Labute approximate surface area is 96.0 Å². The van der Waals surface area contributed by atoms with Crippen LogP contribution in [0.3, 0.4) is 0 Å². The minimum absolute atomic E-state index is 0.306. The SMILES string of the molecule is CCOc1ccc2c(c1)[C@@H](O)CC(C)(C)O2. The molecule has 1 N–H and O–H groups in total. The molecule has 2 rings (SSSR count). The van der Waals surface area contributed by atoms with Crippen LogP contribution in [0.4, 0.5) is 0 Å². The fourth-order valence-electron chi connectivity index (χ4n) is 2.05. The van der Waals surface area contributed by atoms with Crippen molar-refractivity contribution in [1.82, 2.24) is 0 Å². The van der Waals surface area contributed by atoms with E-state index in [4.69, 9.17) is 9.47 Å². The van der Waals surface area contributed by atoms with Gasteiger partial charge >= 0.3 is 0 Å². The second kappa shape index (κ2) is 3.98. The lowest BCUT2D eigenvalue weighted by molar-refractivity contribution is 0.0113. The lowest BCUT2D eigenvalue weighted by Gasteiger charge is -2.35. The second-order valence-electron chi connectivity index (χ2n) is 4.71. The zero-order valence-corrected chi connectivity index (χ0v) is 9.99. The first kappa shape index (κ1) is 11.3. The molecule has 1 atom stereocenters. The van der Waals surface area contributed by atoms with Crippen LogP contribution in [0, 0.1) is 0 Å². The molecule has 3 nitrogen and oxygen atoms in total. The Morgan fingerprint density at radius 2 is 2.25 bits per heavy atom. The first-order valence-electron chi connectivity index (χ1n) is 5.65. The molecule has 16 heavy (non-hydrogen) atoms. The first-order chi connectivity index (χ1) is 7.52. The van der Waals surface area contributed by atoms with E-state index in [0.717, 1.165) is 17.1 Å². The number of hydrogen-bond donors (Lipinski definition) is 1. The highest BCUT2D eigenvalue weighted by atomic mass is 16.5. The van der Waals surface area contributed by atoms with Gasteiger partial charge in [-0.3, -0.25) is 0 Å². The van der Waals surface area contributed by atoms with Crippen LogP contribution in [-0.2, 0) is 0 Å². The van der Waals surface area contributed by atoms with Crippen molar-refractivity contribution in [1.29, 1.82) is 0 Å². The summed E-state index contributed by atoms with van der Waals surface area (Å²) in [6.45, 7) is 6.53. The maximum atomic E-state index is 10.1. The van der Waals surface area contributed by atoms with Crippen LogP contribution in [0.2, 0.25) is 0 Å². The van der Waals surface area contributed by atoms with Gasteiger partial charge in [0, 0.05) is 12.0 Å². The molecule has 0 saturated heterocycles. The third kappa shape index (κ3) is 2.14. The van der Waals surface area contributed by atoms with Gasteiger partial charge in [0.05, 0.1) is 12.7 Å². The lowest BCUT2D eigenvalue weighted by atomic mass is 9.92. The molecule has 0 unspecified atom stereocenters. The van der Waals surface area contributed by atoms with Crippen LogP contribution in [-0.4, -0.2) is 17.3 Å². The Hall–Kier alpha value is -1.22. The van der Waals surface area contributed by atoms with Crippen LogP contribution in [0.15, 0.2) is 18.2 Å². The van der Waals surface area contributed by atoms with E-state index < -0.39 is 6.10 Å². The number of fused-ring (bicyclic) bond motifs is 1.